The average molecular weight is 441 g/mol. The van der Waals surface area contributed by atoms with Crippen molar-refractivity contribution in [1.29, 1.82) is 0 Å². The van der Waals surface area contributed by atoms with E-state index in [-0.39, 0.29) is 11.9 Å². The molecule has 5 rings (SSSR count). The van der Waals surface area contributed by atoms with Crippen LogP contribution in [0.15, 0.2) is 60.8 Å². The van der Waals surface area contributed by atoms with Crippen molar-refractivity contribution < 1.29 is 4.79 Å². The van der Waals surface area contributed by atoms with Crippen LogP contribution in [0.3, 0.4) is 0 Å². The molecule has 0 unspecified atom stereocenters. The maximum absolute atomic E-state index is 12.7. The first kappa shape index (κ1) is 21.1. The van der Waals surface area contributed by atoms with E-state index < -0.39 is 0 Å². The summed E-state index contributed by atoms with van der Waals surface area (Å²) in [4.78, 5) is 28.5. The molecule has 0 atom stereocenters. The van der Waals surface area contributed by atoms with E-state index in [0.717, 1.165) is 59.1 Å². The summed E-state index contributed by atoms with van der Waals surface area (Å²) in [5, 5.41) is 7.91. The van der Waals surface area contributed by atoms with Crippen LogP contribution >= 0.6 is 0 Å². The van der Waals surface area contributed by atoms with Crippen molar-refractivity contribution in [3.05, 3.63) is 66.5 Å². The van der Waals surface area contributed by atoms with Gasteiger partial charge in [-0.1, -0.05) is 30.3 Å². The fourth-order valence-electron chi connectivity index (χ4n) is 4.52. The minimum atomic E-state index is -0.156. The lowest BCUT2D eigenvalue weighted by molar-refractivity contribution is 0.0921. The van der Waals surface area contributed by atoms with Gasteiger partial charge >= 0.3 is 0 Å². The number of carbonyl (C=O) groups excluding carboxylic acids is 1. The molecule has 1 fully saturated rings. The normalized spacial score (nSPS) is 18.2. The van der Waals surface area contributed by atoms with Gasteiger partial charge in [0.2, 0.25) is 0 Å². The Labute approximate surface area is 193 Å². The van der Waals surface area contributed by atoms with Crippen molar-refractivity contribution in [3.8, 4) is 0 Å². The molecule has 33 heavy (non-hydrogen) atoms. The number of pyridine rings is 1. The number of benzene rings is 2. The smallest absolute Gasteiger partial charge is 0.271 e. The highest BCUT2D eigenvalue weighted by Crippen LogP contribution is 2.29. The SMILES string of the molecule is CN(C)c1cc(N[C@H]2CC[C@@H](NC(=O)c3cnc4ccccc4n3)CC2)nc2ccccc12. The summed E-state index contributed by atoms with van der Waals surface area (Å²) < 4.78 is 0. The number of nitrogens with zero attached hydrogens (tertiary/aromatic N) is 4. The first-order chi connectivity index (χ1) is 16.1. The number of hydrogen-bond donors (Lipinski definition) is 2. The quantitative estimate of drug-likeness (QED) is 0.479. The standard InChI is InChI=1S/C26H28N6O/c1-32(2)24-15-25(31-20-8-4-3-7-19(20)24)28-17-11-13-18(14-12-17)29-26(33)23-16-27-21-9-5-6-10-22(21)30-23/h3-10,15-18H,11-14H2,1-2H3,(H,28,31)(H,29,33)/t17-,18+. The van der Waals surface area contributed by atoms with Crippen LogP contribution in [0.25, 0.3) is 21.9 Å². The van der Waals surface area contributed by atoms with E-state index in [1.807, 2.05) is 36.4 Å². The molecule has 0 bridgehead atoms. The van der Waals surface area contributed by atoms with Gasteiger partial charge < -0.3 is 15.5 Å². The zero-order valence-electron chi connectivity index (χ0n) is 19.0. The summed E-state index contributed by atoms with van der Waals surface area (Å²) in [5.41, 5.74) is 4.04. The lowest BCUT2D eigenvalue weighted by Crippen LogP contribution is -2.40. The highest BCUT2D eigenvalue weighted by Gasteiger charge is 2.24. The van der Waals surface area contributed by atoms with Crippen LogP contribution in [-0.2, 0) is 0 Å². The molecule has 1 aliphatic carbocycles. The second kappa shape index (κ2) is 9.02. The van der Waals surface area contributed by atoms with Crippen LogP contribution in [0.5, 0.6) is 0 Å². The molecular weight excluding hydrogens is 412 g/mol. The lowest BCUT2D eigenvalue weighted by atomic mass is 9.91. The van der Waals surface area contributed by atoms with Crippen molar-refractivity contribution in [1.82, 2.24) is 20.3 Å². The van der Waals surface area contributed by atoms with E-state index in [4.69, 9.17) is 4.98 Å². The Hall–Kier alpha value is -3.74. The highest BCUT2D eigenvalue weighted by atomic mass is 16.1. The van der Waals surface area contributed by atoms with Gasteiger partial charge in [-0.25, -0.2) is 9.97 Å². The zero-order chi connectivity index (χ0) is 22.8. The van der Waals surface area contributed by atoms with E-state index in [9.17, 15) is 4.79 Å². The fraction of sp³-hybridized carbons (Fsp3) is 0.308. The van der Waals surface area contributed by atoms with E-state index in [1.165, 1.54) is 0 Å². The topological polar surface area (TPSA) is 83.0 Å². The molecule has 1 aliphatic rings. The summed E-state index contributed by atoms with van der Waals surface area (Å²) in [6, 6.07) is 18.4. The minimum absolute atomic E-state index is 0.144. The number of rotatable bonds is 5. The molecule has 7 nitrogen and oxygen atoms in total. The zero-order valence-corrected chi connectivity index (χ0v) is 19.0. The number of nitrogens with one attached hydrogen (secondary N) is 2. The van der Waals surface area contributed by atoms with Crippen molar-refractivity contribution in [3.63, 3.8) is 0 Å². The van der Waals surface area contributed by atoms with Gasteiger partial charge in [0.05, 0.1) is 22.7 Å². The number of anilines is 2. The molecule has 0 spiro atoms. The largest absolute Gasteiger partial charge is 0.377 e. The van der Waals surface area contributed by atoms with Gasteiger partial charge in [-0.3, -0.25) is 9.78 Å². The van der Waals surface area contributed by atoms with Crippen molar-refractivity contribution in [2.75, 3.05) is 24.3 Å². The van der Waals surface area contributed by atoms with Gasteiger partial charge in [-0.2, -0.15) is 0 Å². The molecule has 0 aliphatic heterocycles. The molecule has 4 aromatic rings. The Morgan fingerprint density at radius 3 is 2.30 bits per heavy atom. The second-order valence-corrected chi connectivity index (χ2v) is 8.85. The van der Waals surface area contributed by atoms with Crippen LogP contribution in [0, 0.1) is 0 Å². The maximum atomic E-state index is 12.7. The van der Waals surface area contributed by atoms with Crippen LogP contribution < -0.4 is 15.5 Å². The van der Waals surface area contributed by atoms with Crippen molar-refractivity contribution in [2.45, 2.75) is 37.8 Å². The molecular formula is C26H28N6O. The third kappa shape index (κ3) is 4.58. The van der Waals surface area contributed by atoms with Gasteiger partial charge in [-0.15, -0.1) is 0 Å². The fourth-order valence-corrected chi connectivity index (χ4v) is 4.52. The maximum Gasteiger partial charge on any atom is 0.271 e. The molecule has 0 saturated heterocycles. The van der Waals surface area contributed by atoms with Gasteiger partial charge in [0, 0.05) is 43.3 Å². The van der Waals surface area contributed by atoms with Crippen LogP contribution in [0.1, 0.15) is 36.2 Å². The summed E-state index contributed by atoms with van der Waals surface area (Å²) in [6.07, 6.45) is 5.33. The van der Waals surface area contributed by atoms with Crippen molar-refractivity contribution in [2.24, 2.45) is 0 Å². The summed E-state index contributed by atoms with van der Waals surface area (Å²) >= 11 is 0. The molecule has 2 heterocycles. The number of amides is 1. The third-order valence-corrected chi connectivity index (χ3v) is 6.27. The number of aromatic nitrogens is 3. The molecule has 7 heteroatoms. The summed E-state index contributed by atoms with van der Waals surface area (Å²) in [6.45, 7) is 0. The van der Waals surface area contributed by atoms with Crippen LogP contribution in [-0.4, -0.2) is 47.0 Å². The van der Waals surface area contributed by atoms with Crippen molar-refractivity contribution >= 4 is 39.3 Å². The van der Waals surface area contributed by atoms with Crippen LogP contribution in [0.2, 0.25) is 0 Å². The van der Waals surface area contributed by atoms with Gasteiger partial charge in [0.1, 0.15) is 11.5 Å². The number of carbonyl (C=O) groups is 1. The second-order valence-electron chi connectivity index (χ2n) is 8.85. The molecule has 2 aromatic carbocycles. The molecule has 2 N–H and O–H groups in total. The van der Waals surface area contributed by atoms with E-state index in [2.05, 4.69) is 57.8 Å². The molecule has 1 saturated carbocycles. The highest BCUT2D eigenvalue weighted by molar-refractivity contribution is 5.94. The van der Waals surface area contributed by atoms with Gasteiger partial charge in [0.15, 0.2) is 0 Å². The predicted molar refractivity (Wildman–Crippen MR) is 133 cm³/mol. The average Bonchev–Trinajstić information content (AvgIpc) is 2.84. The number of hydrogen-bond acceptors (Lipinski definition) is 6. The Kier molecular flexibility index (Phi) is 5.77. The lowest BCUT2D eigenvalue weighted by Gasteiger charge is -2.30. The predicted octanol–water partition coefficient (Wildman–Crippen LogP) is 4.40. The monoisotopic (exact) mass is 440 g/mol. The number of para-hydroxylation sites is 3. The number of fused-ring (bicyclic) bond motifs is 2. The Balaban J connectivity index is 1.21. The summed E-state index contributed by atoms with van der Waals surface area (Å²) in [5.74, 6) is 0.743. The molecule has 1 amide bonds. The minimum Gasteiger partial charge on any atom is -0.377 e. The van der Waals surface area contributed by atoms with Gasteiger partial charge in [-0.05, 0) is 43.9 Å². The Bertz CT molecular complexity index is 1300. The Morgan fingerprint density at radius 1 is 0.879 bits per heavy atom. The molecule has 2 aromatic heterocycles. The van der Waals surface area contributed by atoms with Crippen LogP contribution in [0.4, 0.5) is 11.5 Å². The van der Waals surface area contributed by atoms with E-state index in [0.29, 0.717) is 11.7 Å². The van der Waals surface area contributed by atoms with E-state index >= 15 is 0 Å². The first-order valence-corrected chi connectivity index (χ1v) is 11.4. The summed E-state index contributed by atoms with van der Waals surface area (Å²) in [7, 11) is 4.11. The third-order valence-electron chi connectivity index (χ3n) is 6.27. The molecule has 168 valence electrons. The Morgan fingerprint density at radius 2 is 1.55 bits per heavy atom. The molecule has 0 radical (unpaired) electrons. The van der Waals surface area contributed by atoms with E-state index in [1.54, 1.807) is 6.20 Å². The first-order valence-electron chi connectivity index (χ1n) is 11.4. The van der Waals surface area contributed by atoms with Gasteiger partial charge in [0.25, 0.3) is 5.91 Å².